The van der Waals surface area contributed by atoms with E-state index in [1.54, 1.807) is 30.4 Å². The molecule has 1 heterocycles. The van der Waals surface area contributed by atoms with Gasteiger partial charge in [0.2, 0.25) is 0 Å². The van der Waals surface area contributed by atoms with E-state index in [1.807, 2.05) is 23.6 Å². The number of carbonyl (C=O) groups is 1. The summed E-state index contributed by atoms with van der Waals surface area (Å²) in [6, 6.07) is 8.12. The second kappa shape index (κ2) is 3.60. The van der Waals surface area contributed by atoms with Gasteiger partial charge in [0, 0.05) is 9.79 Å². The summed E-state index contributed by atoms with van der Waals surface area (Å²) in [5, 5.41) is 1.93. The van der Waals surface area contributed by atoms with Gasteiger partial charge in [0.05, 0.1) is 4.91 Å². The van der Waals surface area contributed by atoms with E-state index in [2.05, 4.69) is 6.07 Å². The molecule has 0 bridgehead atoms. The lowest BCUT2D eigenvalue weighted by atomic mass is 10.4. The molecule has 66 valence electrons. The molecule has 1 aromatic carbocycles. The first-order valence-corrected chi connectivity index (χ1v) is 5.61. The van der Waals surface area contributed by atoms with Gasteiger partial charge in [0.15, 0.2) is 5.78 Å². The molecule has 2 rings (SSSR count). The lowest BCUT2D eigenvalue weighted by Gasteiger charge is -2.12. The molecule has 0 fully saturated rings. The Balaban J connectivity index is 2.33. The molecule has 0 aliphatic carbocycles. The molecule has 13 heavy (non-hydrogen) atoms. The molecule has 1 nitrogen and oxygen atoms in total. The van der Waals surface area contributed by atoms with Crippen molar-refractivity contribution in [1.82, 2.24) is 0 Å². The summed E-state index contributed by atoms with van der Waals surface area (Å²) in [5.41, 5.74) is 0. The van der Waals surface area contributed by atoms with Gasteiger partial charge in [0.1, 0.15) is 0 Å². The van der Waals surface area contributed by atoms with E-state index in [4.69, 9.17) is 0 Å². The van der Waals surface area contributed by atoms with Crippen molar-refractivity contribution >= 4 is 29.3 Å². The third-order valence-corrected chi connectivity index (χ3v) is 4.15. The Morgan fingerprint density at radius 2 is 1.92 bits per heavy atom. The second-order valence-corrected chi connectivity index (χ2v) is 4.70. The average molecular weight is 208 g/mol. The van der Waals surface area contributed by atoms with Crippen molar-refractivity contribution in [3.05, 3.63) is 34.6 Å². The van der Waals surface area contributed by atoms with Gasteiger partial charge in [-0.3, -0.25) is 4.79 Å². The van der Waals surface area contributed by atoms with Gasteiger partial charge in [-0.1, -0.05) is 35.7 Å². The van der Waals surface area contributed by atoms with Crippen molar-refractivity contribution in [1.29, 1.82) is 0 Å². The zero-order chi connectivity index (χ0) is 9.26. The summed E-state index contributed by atoms with van der Waals surface area (Å²) in [6.07, 6.45) is 0. The Bertz CT molecular complexity index is 382. The van der Waals surface area contributed by atoms with Crippen molar-refractivity contribution in [2.45, 2.75) is 16.7 Å². The minimum absolute atomic E-state index is 0.145. The van der Waals surface area contributed by atoms with Gasteiger partial charge in [-0.15, -0.1) is 0 Å². The largest absolute Gasteiger partial charge is 0.294 e. The fraction of sp³-hybridized carbons (Fsp3) is 0.100. The number of rotatable bonds is 1. The van der Waals surface area contributed by atoms with Gasteiger partial charge < -0.3 is 0 Å². The summed E-state index contributed by atoms with van der Waals surface area (Å²) in [6.45, 7) is 1.60. The van der Waals surface area contributed by atoms with Gasteiger partial charge in [-0.2, -0.15) is 0 Å². The second-order valence-electron chi connectivity index (χ2n) is 2.70. The normalized spacial score (nSPS) is 14.7. The van der Waals surface area contributed by atoms with Crippen LogP contribution in [-0.4, -0.2) is 5.78 Å². The Labute approximate surface area is 85.6 Å². The third kappa shape index (κ3) is 1.81. The maximum Gasteiger partial charge on any atom is 0.167 e. The number of ketones is 1. The fourth-order valence-electron chi connectivity index (χ4n) is 1.05. The van der Waals surface area contributed by atoms with Gasteiger partial charge in [0.25, 0.3) is 0 Å². The highest BCUT2D eigenvalue weighted by atomic mass is 32.2. The van der Waals surface area contributed by atoms with Crippen LogP contribution in [0, 0.1) is 0 Å². The van der Waals surface area contributed by atoms with Crippen LogP contribution >= 0.6 is 23.5 Å². The number of fused-ring (bicyclic) bond motifs is 1. The first-order chi connectivity index (χ1) is 6.27. The highest BCUT2D eigenvalue weighted by Gasteiger charge is 2.14. The lowest BCUT2D eigenvalue weighted by molar-refractivity contribution is -0.112. The maximum absolute atomic E-state index is 11.1. The first-order valence-electron chi connectivity index (χ1n) is 3.92. The van der Waals surface area contributed by atoms with E-state index < -0.39 is 0 Å². The molecule has 0 saturated carbocycles. The lowest BCUT2D eigenvalue weighted by Crippen LogP contribution is -1.94. The van der Waals surface area contributed by atoms with E-state index in [0.717, 1.165) is 4.91 Å². The maximum atomic E-state index is 11.1. The Morgan fingerprint density at radius 1 is 1.23 bits per heavy atom. The topological polar surface area (TPSA) is 17.1 Å². The molecule has 1 aliphatic rings. The Morgan fingerprint density at radius 3 is 2.62 bits per heavy atom. The third-order valence-electron chi connectivity index (χ3n) is 1.71. The van der Waals surface area contributed by atoms with Crippen LogP contribution in [0.1, 0.15) is 6.92 Å². The predicted octanol–water partition coefficient (Wildman–Crippen LogP) is 3.31. The number of thioether (sulfide) groups is 2. The summed E-state index contributed by atoms with van der Waals surface area (Å²) in [4.78, 5) is 14.4. The van der Waals surface area contributed by atoms with Crippen LogP contribution in [0.2, 0.25) is 0 Å². The summed E-state index contributed by atoms with van der Waals surface area (Å²) in [5.74, 6) is 0.145. The molecule has 0 spiro atoms. The zero-order valence-electron chi connectivity index (χ0n) is 7.11. The number of carbonyl (C=O) groups excluding carboxylic acids is 1. The van der Waals surface area contributed by atoms with Crippen LogP contribution in [0.25, 0.3) is 0 Å². The molecular weight excluding hydrogens is 200 g/mol. The van der Waals surface area contributed by atoms with Crippen LogP contribution in [0.15, 0.2) is 44.4 Å². The SMILES string of the molecule is CC(=O)C1=CSc2ccccc2S1. The first kappa shape index (κ1) is 8.91. The zero-order valence-corrected chi connectivity index (χ0v) is 8.74. The molecule has 0 atom stereocenters. The molecule has 0 unspecified atom stereocenters. The van der Waals surface area contributed by atoms with Crippen LogP contribution in [0.3, 0.4) is 0 Å². The van der Waals surface area contributed by atoms with E-state index in [-0.39, 0.29) is 5.78 Å². The number of allylic oxidation sites excluding steroid dienone is 1. The van der Waals surface area contributed by atoms with Crippen molar-refractivity contribution in [2.24, 2.45) is 0 Å². The molecular formula is C10H8OS2. The van der Waals surface area contributed by atoms with E-state index in [9.17, 15) is 4.79 Å². The van der Waals surface area contributed by atoms with Gasteiger partial charge in [-0.25, -0.2) is 0 Å². The minimum Gasteiger partial charge on any atom is -0.294 e. The smallest absolute Gasteiger partial charge is 0.167 e. The molecule has 0 aromatic heterocycles. The van der Waals surface area contributed by atoms with Crippen LogP contribution in [-0.2, 0) is 4.79 Å². The highest BCUT2D eigenvalue weighted by Crippen LogP contribution is 2.41. The predicted molar refractivity (Wildman–Crippen MR) is 56.9 cm³/mol. The Hall–Kier alpha value is -0.670. The monoisotopic (exact) mass is 208 g/mol. The van der Waals surface area contributed by atoms with Crippen molar-refractivity contribution in [3.63, 3.8) is 0 Å². The van der Waals surface area contributed by atoms with Crippen molar-refractivity contribution < 1.29 is 4.79 Å². The minimum atomic E-state index is 0.145. The number of hydrogen-bond donors (Lipinski definition) is 0. The van der Waals surface area contributed by atoms with E-state index in [0.29, 0.717) is 0 Å². The number of benzene rings is 1. The van der Waals surface area contributed by atoms with E-state index in [1.165, 1.54) is 9.79 Å². The summed E-state index contributed by atoms with van der Waals surface area (Å²) < 4.78 is 0. The Kier molecular flexibility index (Phi) is 2.47. The van der Waals surface area contributed by atoms with Crippen LogP contribution < -0.4 is 0 Å². The van der Waals surface area contributed by atoms with Crippen molar-refractivity contribution in [3.8, 4) is 0 Å². The van der Waals surface area contributed by atoms with Gasteiger partial charge in [-0.05, 0) is 24.5 Å². The molecule has 1 aromatic rings. The quantitative estimate of drug-likeness (QED) is 0.704. The number of Topliss-reactive ketones (excluding diaryl/α,β-unsaturated/α-hetero) is 1. The van der Waals surface area contributed by atoms with Crippen LogP contribution in [0.5, 0.6) is 0 Å². The average Bonchev–Trinajstić information content (AvgIpc) is 2.17. The molecule has 1 aliphatic heterocycles. The molecule has 0 saturated heterocycles. The molecule has 0 N–H and O–H groups in total. The summed E-state index contributed by atoms with van der Waals surface area (Å²) in [7, 11) is 0. The molecule has 0 amide bonds. The van der Waals surface area contributed by atoms with Crippen molar-refractivity contribution in [2.75, 3.05) is 0 Å². The highest BCUT2D eigenvalue weighted by molar-refractivity contribution is 8.09. The van der Waals surface area contributed by atoms with Gasteiger partial charge >= 0.3 is 0 Å². The summed E-state index contributed by atoms with van der Waals surface area (Å²) >= 11 is 3.18. The number of hydrogen-bond acceptors (Lipinski definition) is 3. The standard InChI is InChI=1S/C10H8OS2/c1-7(11)10-6-12-8-4-2-3-5-9(8)13-10/h2-6H,1H3. The van der Waals surface area contributed by atoms with E-state index >= 15 is 0 Å². The molecule has 3 heteroatoms. The van der Waals surface area contributed by atoms with Crippen LogP contribution in [0.4, 0.5) is 0 Å². The fourth-order valence-corrected chi connectivity index (χ4v) is 3.09. The molecule has 0 radical (unpaired) electrons.